The average molecular weight is 617 g/mol. The van der Waals surface area contributed by atoms with Gasteiger partial charge in [0.15, 0.2) is 34.7 Å². The number of hydrogen-bond acceptors (Lipinski definition) is 11. The van der Waals surface area contributed by atoms with Crippen molar-refractivity contribution in [1.29, 1.82) is 0 Å². The Kier molecular flexibility index (Phi) is 7.52. The van der Waals surface area contributed by atoms with Gasteiger partial charge in [-0.25, -0.2) is 10.1 Å². The summed E-state index contributed by atoms with van der Waals surface area (Å²) in [4.78, 5) is 40.4. The first-order chi connectivity index (χ1) is 18.7. The zero-order valence-corrected chi connectivity index (χ0v) is 22.6. The molecule has 3 heterocycles. The lowest BCUT2D eigenvalue weighted by atomic mass is 10.1. The van der Waals surface area contributed by atoms with E-state index in [1.807, 2.05) is 0 Å². The van der Waals surface area contributed by atoms with Crippen LogP contribution in [-0.2, 0) is 13.9 Å². The maximum Gasteiger partial charge on any atom is 0.336 e. The molecule has 0 amide bonds. The lowest BCUT2D eigenvalue weighted by Crippen LogP contribution is -2.37. The van der Waals surface area contributed by atoms with E-state index in [0.29, 0.717) is 16.5 Å². The van der Waals surface area contributed by atoms with Crippen molar-refractivity contribution >= 4 is 60.2 Å². The molecule has 0 aliphatic carbocycles. The van der Waals surface area contributed by atoms with E-state index in [4.69, 9.17) is 26.1 Å². The molecule has 5 unspecified atom stereocenters. The summed E-state index contributed by atoms with van der Waals surface area (Å²) in [5, 5.41) is 47.1. The summed E-state index contributed by atoms with van der Waals surface area (Å²) in [6, 6.07) is 7.90. The average Bonchev–Trinajstić information content (AvgIpc) is 3.38. The van der Waals surface area contributed by atoms with Crippen LogP contribution < -0.4 is 10.4 Å². The molecule has 1 aliphatic heterocycles. The van der Waals surface area contributed by atoms with Crippen molar-refractivity contribution in [2.45, 2.75) is 24.5 Å². The van der Waals surface area contributed by atoms with Crippen molar-refractivity contribution in [3.63, 3.8) is 0 Å². The highest BCUT2D eigenvalue weighted by Gasteiger charge is 2.45. The van der Waals surface area contributed by atoms with Gasteiger partial charge in [-0.15, -0.1) is 0 Å². The second kappa shape index (κ2) is 10.5. The molecule has 19 heteroatoms. The Morgan fingerprint density at radius 1 is 1.05 bits per heavy atom. The van der Waals surface area contributed by atoms with E-state index in [9.17, 15) is 34.4 Å². The quantitative estimate of drug-likeness (QED) is 0.0768. The Labute approximate surface area is 229 Å². The molecule has 2 aromatic carbocycles. The Hall–Kier alpha value is -2.88. The summed E-state index contributed by atoms with van der Waals surface area (Å²) in [6.07, 6.45) is -4.37. The van der Waals surface area contributed by atoms with Crippen LogP contribution >= 0.6 is 26.7 Å². The highest BCUT2D eigenvalue weighted by molar-refractivity contribution is 7.71. The molecule has 16 nitrogen and oxygen atoms in total. The number of phenols is 2. The fourth-order valence-corrected chi connectivity index (χ4v) is 7.39. The number of aliphatic hydroxyl groups excluding tert-OH is 2. The van der Waals surface area contributed by atoms with Gasteiger partial charge < -0.3 is 45.2 Å². The van der Waals surface area contributed by atoms with Gasteiger partial charge in [-0.1, -0.05) is 12.1 Å². The summed E-state index contributed by atoms with van der Waals surface area (Å²) in [7, 11) is -9.29. The summed E-state index contributed by atoms with van der Waals surface area (Å²) < 4.78 is 30.2. The summed E-state index contributed by atoms with van der Waals surface area (Å²) in [5.41, 5.74) is 0.779. The summed E-state index contributed by atoms with van der Waals surface area (Å²) in [5.74, 6) is -1.78. The van der Waals surface area contributed by atoms with E-state index in [0.717, 1.165) is 0 Å². The number of aliphatic hydroxyl groups is 2. The number of nitrogens with zero attached hydrogens (tertiary/aromatic N) is 4. The lowest BCUT2D eigenvalue weighted by Gasteiger charge is -2.19. The van der Waals surface area contributed by atoms with Gasteiger partial charge in [0.2, 0.25) is 5.28 Å². The molecule has 0 saturated carbocycles. The molecule has 4 aromatic rings. The van der Waals surface area contributed by atoms with Crippen molar-refractivity contribution in [2.24, 2.45) is 0 Å². The Balaban J connectivity index is 1.43. The molecule has 0 radical (unpaired) electrons. The van der Waals surface area contributed by atoms with Gasteiger partial charge >= 0.3 is 7.60 Å². The van der Waals surface area contributed by atoms with Crippen LogP contribution in [0.1, 0.15) is 6.23 Å². The highest BCUT2D eigenvalue weighted by Crippen LogP contribution is 2.52. The fourth-order valence-electron chi connectivity index (χ4n) is 4.36. The van der Waals surface area contributed by atoms with E-state index >= 15 is 0 Å². The van der Waals surface area contributed by atoms with Crippen LogP contribution in [0.25, 0.3) is 21.9 Å². The number of hydrogen-bond donors (Lipinski definition) is 9. The van der Waals surface area contributed by atoms with Gasteiger partial charge in [-0.05, 0) is 35.2 Å². The topological polar surface area (TPSA) is 253 Å². The number of fused-ring (bicyclic) bond motifs is 2. The molecule has 214 valence electrons. The number of anilines is 2. The molecule has 1 aliphatic rings. The minimum Gasteiger partial charge on any atom is -0.504 e. The molecule has 1 fully saturated rings. The maximum atomic E-state index is 12.1. The number of ether oxygens (including phenoxy) is 1. The first-order valence-electron chi connectivity index (χ1n) is 11.5. The number of imidazole rings is 1. The van der Waals surface area contributed by atoms with Crippen LogP contribution in [0.4, 0.5) is 11.5 Å². The zero-order valence-electron chi connectivity index (χ0n) is 20.1. The van der Waals surface area contributed by atoms with E-state index in [2.05, 4.69) is 25.4 Å². The Morgan fingerprint density at radius 3 is 2.50 bits per heavy atom. The standard InChI is InChI=1S/C21H23ClN6O10P2/c22-21-26-18(25-11-3-1-2-9-4-12(29)13(30)5-10(9)11)15-19(27-21)28(7-23-15)20-17(32)16(31)14(38-20)6-24-39(33,34)8-40(35,36)37/h1-5,7,14,16-17,20,29-32H,6,8H2,(H2,24,33,34)(H,25,26,27)(H2,35,36,37). The van der Waals surface area contributed by atoms with Crippen LogP contribution in [0, 0.1) is 0 Å². The molecule has 0 spiro atoms. The third-order valence-corrected chi connectivity index (χ3v) is 10.0. The van der Waals surface area contributed by atoms with Gasteiger partial charge in [0.25, 0.3) is 7.52 Å². The third-order valence-electron chi connectivity index (χ3n) is 6.15. The number of halogens is 1. The minimum absolute atomic E-state index is 0.0995. The van der Waals surface area contributed by atoms with Crippen molar-refractivity contribution in [1.82, 2.24) is 24.6 Å². The molecule has 9 N–H and O–H groups in total. The van der Waals surface area contributed by atoms with Crippen molar-refractivity contribution < 1.29 is 49.0 Å². The molecule has 2 aromatic heterocycles. The van der Waals surface area contributed by atoms with Crippen LogP contribution in [0.5, 0.6) is 11.5 Å². The smallest absolute Gasteiger partial charge is 0.336 e. The molecule has 5 rings (SSSR count). The minimum atomic E-state index is -4.81. The van der Waals surface area contributed by atoms with E-state index in [1.54, 1.807) is 18.2 Å². The second-order valence-electron chi connectivity index (χ2n) is 9.07. The van der Waals surface area contributed by atoms with Gasteiger partial charge in [-0.3, -0.25) is 13.7 Å². The number of nitrogens with one attached hydrogen (secondary N) is 2. The first-order valence-corrected chi connectivity index (χ1v) is 15.5. The normalized spacial score (nSPS) is 23.1. The van der Waals surface area contributed by atoms with E-state index in [1.165, 1.54) is 23.0 Å². The molecule has 1 saturated heterocycles. The maximum absolute atomic E-state index is 12.1. The van der Waals surface area contributed by atoms with Crippen molar-refractivity contribution in [3.05, 3.63) is 41.9 Å². The number of aromatic hydroxyl groups is 2. The van der Waals surface area contributed by atoms with Gasteiger partial charge in [-0.2, -0.15) is 9.97 Å². The van der Waals surface area contributed by atoms with Crippen LogP contribution in [0.2, 0.25) is 5.28 Å². The lowest BCUT2D eigenvalue weighted by molar-refractivity contribution is -0.0331. The van der Waals surface area contributed by atoms with E-state index in [-0.39, 0.29) is 33.8 Å². The van der Waals surface area contributed by atoms with E-state index < -0.39 is 52.1 Å². The highest BCUT2D eigenvalue weighted by atomic mass is 35.5. The number of phenolic OH excluding ortho intramolecular Hbond substituents is 2. The fraction of sp³-hybridized carbons (Fsp3) is 0.286. The van der Waals surface area contributed by atoms with Gasteiger partial charge in [0, 0.05) is 17.6 Å². The monoisotopic (exact) mass is 616 g/mol. The number of aromatic nitrogens is 4. The Morgan fingerprint density at radius 2 is 1.77 bits per heavy atom. The summed E-state index contributed by atoms with van der Waals surface area (Å²) in [6.45, 7) is -0.513. The molecular weight excluding hydrogens is 594 g/mol. The number of rotatable bonds is 8. The zero-order chi connectivity index (χ0) is 29.0. The molecule has 5 atom stereocenters. The molecule has 0 bridgehead atoms. The second-order valence-corrected chi connectivity index (χ2v) is 13.6. The van der Waals surface area contributed by atoms with Crippen molar-refractivity contribution in [2.75, 3.05) is 17.8 Å². The number of benzene rings is 2. The van der Waals surface area contributed by atoms with Crippen LogP contribution in [0.3, 0.4) is 0 Å². The molecule has 40 heavy (non-hydrogen) atoms. The molecular formula is C21H23ClN6O10P2. The van der Waals surface area contributed by atoms with Crippen LogP contribution in [0.15, 0.2) is 36.7 Å². The van der Waals surface area contributed by atoms with Crippen molar-refractivity contribution in [3.8, 4) is 11.5 Å². The van der Waals surface area contributed by atoms with Gasteiger partial charge in [0.05, 0.1) is 6.33 Å². The van der Waals surface area contributed by atoms with Gasteiger partial charge in [0.1, 0.15) is 24.2 Å². The predicted molar refractivity (Wildman–Crippen MR) is 142 cm³/mol. The first kappa shape index (κ1) is 28.6. The predicted octanol–water partition coefficient (Wildman–Crippen LogP) is 1.32. The Bertz CT molecular complexity index is 1700. The largest absolute Gasteiger partial charge is 0.504 e. The summed E-state index contributed by atoms with van der Waals surface area (Å²) >= 11 is 6.17. The SMILES string of the molecule is O=P(O)(O)CP(=O)(O)NCC1OC(n2cnc3c(Nc4cccc5cc(O)c(O)cc45)nc(Cl)nc32)C(O)C1O. The van der Waals surface area contributed by atoms with Crippen LogP contribution in [-0.4, -0.2) is 85.4 Å². The third kappa shape index (κ3) is 5.78.